The Hall–Kier alpha value is -0.730. The van der Waals surface area contributed by atoms with Gasteiger partial charge in [0, 0.05) is 19.1 Å². The van der Waals surface area contributed by atoms with Gasteiger partial charge in [0.2, 0.25) is 0 Å². The number of hydrogen-bond acceptors (Lipinski definition) is 2. The summed E-state index contributed by atoms with van der Waals surface area (Å²) in [6, 6.07) is 7.25. The monoisotopic (exact) mass is 282 g/mol. The van der Waals surface area contributed by atoms with Crippen molar-refractivity contribution in [3.8, 4) is 0 Å². The maximum absolute atomic E-state index is 6.44. The molecule has 3 heteroatoms. The van der Waals surface area contributed by atoms with Crippen LogP contribution in [0.2, 0.25) is 5.02 Å². The van der Waals surface area contributed by atoms with Crippen molar-refractivity contribution in [1.82, 2.24) is 5.32 Å². The van der Waals surface area contributed by atoms with Crippen LogP contribution >= 0.6 is 11.6 Å². The van der Waals surface area contributed by atoms with Crippen molar-refractivity contribution >= 4 is 17.3 Å². The van der Waals surface area contributed by atoms with Crippen molar-refractivity contribution in [1.29, 1.82) is 0 Å². The van der Waals surface area contributed by atoms with E-state index in [0.29, 0.717) is 12.1 Å². The first kappa shape index (κ1) is 16.3. The van der Waals surface area contributed by atoms with Gasteiger partial charge in [0.1, 0.15) is 0 Å². The maximum atomic E-state index is 6.44. The van der Waals surface area contributed by atoms with Crippen LogP contribution in [0.25, 0.3) is 0 Å². The Morgan fingerprint density at radius 3 is 2.47 bits per heavy atom. The second-order valence-electron chi connectivity index (χ2n) is 5.24. The number of rotatable bonds is 7. The summed E-state index contributed by atoms with van der Waals surface area (Å²) in [4.78, 5) is 2.27. The fourth-order valence-corrected chi connectivity index (χ4v) is 2.67. The molecule has 2 unspecified atom stereocenters. The third kappa shape index (κ3) is 4.39. The first-order valence-corrected chi connectivity index (χ1v) is 7.64. The van der Waals surface area contributed by atoms with Crippen LogP contribution < -0.4 is 10.2 Å². The van der Waals surface area contributed by atoms with E-state index in [1.165, 1.54) is 18.4 Å². The van der Waals surface area contributed by atoms with Gasteiger partial charge in [-0.05, 0) is 44.5 Å². The highest BCUT2D eigenvalue weighted by atomic mass is 35.5. The van der Waals surface area contributed by atoms with Crippen LogP contribution in [0.3, 0.4) is 0 Å². The highest BCUT2D eigenvalue weighted by Gasteiger charge is 2.14. The quantitative estimate of drug-likeness (QED) is 0.784. The predicted molar refractivity (Wildman–Crippen MR) is 86.3 cm³/mol. The lowest BCUT2D eigenvalue weighted by molar-refractivity contribution is 0.597. The van der Waals surface area contributed by atoms with Crippen molar-refractivity contribution in [3.05, 3.63) is 28.8 Å². The summed E-state index contributed by atoms with van der Waals surface area (Å²) in [5.74, 6) is 0. The third-order valence-electron chi connectivity index (χ3n) is 3.73. The van der Waals surface area contributed by atoms with E-state index in [-0.39, 0.29) is 0 Å². The number of benzene rings is 1. The van der Waals surface area contributed by atoms with Gasteiger partial charge >= 0.3 is 0 Å². The third-order valence-corrected chi connectivity index (χ3v) is 4.03. The number of halogens is 1. The molecule has 0 radical (unpaired) electrons. The summed E-state index contributed by atoms with van der Waals surface area (Å²) in [6.07, 6.45) is 2.38. The van der Waals surface area contributed by atoms with Crippen molar-refractivity contribution in [2.24, 2.45) is 0 Å². The van der Waals surface area contributed by atoms with Crippen LogP contribution in [0.5, 0.6) is 0 Å². The molecule has 0 fully saturated rings. The van der Waals surface area contributed by atoms with Gasteiger partial charge in [-0.1, -0.05) is 37.9 Å². The van der Waals surface area contributed by atoms with Crippen molar-refractivity contribution in [3.63, 3.8) is 0 Å². The van der Waals surface area contributed by atoms with E-state index in [1.54, 1.807) is 0 Å². The smallest absolute Gasteiger partial charge is 0.0642 e. The van der Waals surface area contributed by atoms with Gasteiger partial charge in [0.15, 0.2) is 0 Å². The number of nitrogens with one attached hydrogen (secondary N) is 1. The highest BCUT2D eigenvalue weighted by Crippen LogP contribution is 2.30. The molecule has 0 aliphatic heterocycles. The summed E-state index contributed by atoms with van der Waals surface area (Å²) in [6.45, 7) is 9.71. The molecule has 2 nitrogen and oxygen atoms in total. The van der Waals surface area contributed by atoms with Crippen LogP contribution in [-0.2, 0) is 0 Å². The molecule has 0 spiro atoms. The average Bonchev–Trinajstić information content (AvgIpc) is 2.38. The fraction of sp³-hybridized carbons (Fsp3) is 0.625. The second kappa shape index (κ2) is 7.76. The van der Waals surface area contributed by atoms with E-state index < -0.39 is 0 Å². The topological polar surface area (TPSA) is 15.3 Å². The van der Waals surface area contributed by atoms with Gasteiger partial charge in [-0.15, -0.1) is 0 Å². The number of hydrogen-bond donors (Lipinski definition) is 1. The Bertz CT molecular complexity index is 392. The SMILES string of the molecule is CCCC(C)N(C)c1ccc(C(C)NCC)cc1Cl. The van der Waals surface area contributed by atoms with Gasteiger partial charge in [-0.25, -0.2) is 0 Å². The van der Waals surface area contributed by atoms with E-state index >= 15 is 0 Å². The Labute approximate surface area is 123 Å². The Balaban J connectivity index is 2.87. The number of anilines is 1. The molecule has 108 valence electrons. The summed E-state index contributed by atoms with van der Waals surface area (Å²) >= 11 is 6.44. The zero-order chi connectivity index (χ0) is 14.4. The second-order valence-corrected chi connectivity index (χ2v) is 5.65. The van der Waals surface area contributed by atoms with Crippen LogP contribution in [-0.4, -0.2) is 19.6 Å². The van der Waals surface area contributed by atoms with Gasteiger partial charge in [0.25, 0.3) is 0 Å². The van der Waals surface area contributed by atoms with Crippen molar-refractivity contribution in [2.75, 3.05) is 18.5 Å². The molecule has 0 saturated carbocycles. The Morgan fingerprint density at radius 2 is 1.95 bits per heavy atom. The van der Waals surface area contributed by atoms with E-state index in [1.807, 2.05) is 0 Å². The molecule has 0 aromatic heterocycles. The lowest BCUT2D eigenvalue weighted by Crippen LogP contribution is -2.28. The molecule has 0 saturated heterocycles. The highest BCUT2D eigenvalue weighted by molar-refractivity contribution is 6.33. The average molecular weight is 283 g/mol. The minimum atomic E-state index is 0.343. The summed E-state index contributed by atoms with van der Waals surface area (Å²) < 4.78 is 0. The molecular formula is C16H27ClN2. The molecule has 0 aliphatic carbocycles. The molecule has 1 aromatic carbocycles. The molecule has 1 N–H and O–H groups in total. The lowest BCUT2D eigenvalue weighted by atomic mass is 10.1. The first-order chi connectivity index (χ1) is 9.01. The Kier molecular flexibility index (Phi) is 6.67. The first-order valence-electron chi connectivity index (χ1n) is 7.26. The largest absolute Gasteiger partial charge is 0.371 e. The van der Waals surface area contributed by atoms with Gasteiger partial charge in [0.05, 0.1) is 10.7 Å². The van der Waals surface area contributed by atoms with E-state index in [0.717, 1.165) is 17.3 Å². The molecule has 0 aliphatic rings. The molecule has 0 heterocycles. The minimum absolute atomic E-state index is 0.343. The standard InChI is InChI=1S/C16H27ClN2/c1-6-8-12(3)19(5)16-10-9-14(11-15(16)17)13(4)18-7-2/h9-13,18H,6-8H2,1-5H3. The summed E-state index contributed by atoms with van der Waals surface area (Å²) in [7, 11) is 2.12. The molecular weight excluding hydrogens is 256 g/mol. The van der Waals surface area contributed by atoms with E-state index in [2.05, 4.69) is 63.2 Å². The van der Waals surface area contributed by atoms with E-state index in [4.69, 9.17) is 11.6 Å². The van der Waals surface area contributed by atoms with Gasteiger partial charge in [-0.2, -0.15) is 0 Å². The molecule has 1 rings (SSSR count). The van der Waals surface area contributed by atoms with Gasteiger partial charge in [-0.3, -0.25) is 0 Å². The van der Waals surface area contributed by atoms with Crippen LogP contribution in [0.1, 0.15) is 52.1 Å². The zero-order valence-corrected chi connectivity index (χ0v) is 13.6. The van der Waals surface area contributed by atoms with Crippen LogP contribution in [0, 0.1) is 0 Å². The molecule has 19 heavy (non-hydrogen) atoms. The van der Waals surface area contributed by atoms with Crippen molar-refractivity contribution in [2.45, 2.75) is 52.6 Å². The molecule has 0 bridgehead atoms. The maximum Gasteiger partial charge on any atom is 0.0642 e. The summed E-state index contributed by atoms with van der Waals surface area (Å²) in [5, 5.41) is 4.25. The molecule has 2 atom stereocenters. The molecule has 1 aromatic rings. The number of nitrogens with zero attached hydrogens (tertiary/aromatic N) is 1. The molecule has 0 amide bonds. The van der Waals surface area contributed by atoms with E-state index in [9.17, 15) is 0 Å². The Morgan fingerprint density at radius 1 is 1.26 bits per heavy atom. The lowest BCUT2D eigenvalue weighted by Gasteiger charge is -2.28. The zero-order valence-electron chi connectivity index (χ0n) is 12.8. The van der Waals surface area contributed by atoms with Crippen LogP contribution in [0.4, 0.5) is 5.69 Å². The fourth-order valence-electron chi connectivity index (χ4n) is 2.35. The summed E-state index contributed by atoms with van der Waals surface area (Å²) in [5.41, 5.74) is 2.36. The van der Waals surface area contributed by atoms with Gasteiger partial charge < -0.3 is 10.2 Å². The predicted octanol–water partition coefficient (Wildman–Crippen LogP) is 4.64. The normalized spacial score (nSPS) is 14.2. The van der Waals surface area contributed by atoms with Crippen molar-refractivity contribution < 1.29 is 0 Å². The minimum Gasteiger partial charge on any atom is -0.371 e. The van der Waals surface area contributed by atoms with Crippen LogP contribution in [0.15, 0.2) is 18.2 Å².